The lowest BCUT2D eigenvalue weighted by atomic mass is 10.2. The number of ether oxygens (including phenoxy) is 2. The van der Waals surface area contributed by atoms with Gasteiger partial charge in [-0.1, -0.05) is 18.2 Å². The SMILES string of the molecule is I.Nc1nc(-c2ccc(Oc3ccc(Oc4ccccc4)cc3)cc2)cs1. The first-order chi connectivity index (χ1) is 12.8. The fraction of sp³-hybridized carbons (Fsp3) is 0. The maximum atomic E-state index is 5.88. The lowest BCUT2D eigenvalue weighted by Gasteiger charge is -2.08. The predicted molar refractivity (Wildman–Crippen MR) is 120 cm³/mol. The molecule has 0 spiro atoms. The highest BCUT2D eigenvalue weighted by molar-refractivity contribution is 14.0. The highest BCUT2D eigenvalue weighted by atomic mass is 127. The van der Waals surface area contributed by atoms with Crippen molar-refractivity contribution in [3.63, 3.8) is 0 Å². The summed E-state index contributed by atoms with van der Waals surface area (Å²) in [5, 5.41) is 2.51. The number of nitrogens with zero attached hydrogens (tertiary/aromatic N) is 1. The molecular formula is C21H17IN2O2S. The molecule has 3 aromatic carbocycles. The Labute approximate surface area is 178 Å². The number of hydrogen-bond acceptors (Lipinski definition) is 5. The standard InChI is InChI=1S/C21H16N2O2S.HI/c22-21-23-20(14-26-21)15-6-8-17(9-7-15)25-19-12-10-18(11-13-19)24-16-4-2-1-3-5-16;/h1-14H,(H2,22,23);1H. The van der Waals surface area contributed by atoms with Crippen molar-refractivity contribution in [1.29, 1.82) is 0 Å². The van der Waals surface area contributed by atoms with Crippen LogP contribution in [-0.2, 0) is 0 Å². The van der Waals surface area contributed by atoms with Gasteiger partial charge in [0.2, 0.25) is 0 Å². The Hall–Kier alpha value is -2.58. The fourth-order valence-corrected chi connectivity index (χ4v) is 3.02. The molecule has 6 heteroatoms. The zero-order valence-corrected chi connectivity index (χ0v) is 17.4. The van der Waals surface area contributed by atoms with Gasteiger partial charge >= 0.3 is 0 Å². The average molecular weight is 488 g/mol. The number of nitrogens with two attached hydrogens (primary N) is 1. The molecule has 0 aliphatic rings. The Kier molecular flexibility index (Phi) is 6.31. The van der Waals surface area contributed by atoms with Crippen molar-refractivity contribution in [3.8, 4) is 34.3 Å². The first kappa shape index (κ1) is 19.2. The minimum Gasteiger partial charge on any atom is -0.457 e. The summed E-state index contributed by atoms with van der Waals surface area (Å²) < 4.78 is 11.7. The Morgan fingerprint density at radius 2 is 1.15 bits per heavy atom. The summed E-state index contributed by atoms with van der Waals surface area (Å²) in [5.74, 6) is 3.07. The van der Waals surface area contributed by atoms with Gasteiger partial charge in [-0.2, -0.15) is 0 Å². The molecule has 2 N–H and O–H groups in total. The average Bonchev–Trinajstić information content (AvgIpc) is 3.11. The summed E-state index contributed by atoms with van der Waals surface area (Å²) in [6.45, 7) is 0. The molecule has 0 fully saturated rings. The molecule has 4 nitrogen and oxygen atoms in total. The van der Waals surface area contributed by atoms with Crippen LogP contribution in [0.15, 0.2) is 84.2 Å². The van der Waals surface area contributed by atoms with Gasteiger partial charge < -0.3 is 15.2 Å². The van der Waals surface area contributed by atoms with E-state index >= 15 is 0 Å². The number of thiazole rings is 1. The van der Waals surface area contributed by atoms with Crippen molar-refractivity contribution in [3.05, 3.63) is 84.2 Å². The van der Waals surface area contributed by atoms with Gasteiger partial charge in [-0.3, -0.25) is 0 Å². The summed E-state index contributed by atoms with van der Waals surface area (Å²) in [6.07, 6.45) is 0. The van der Waals surface area contributed by atoms with Crippen molar-refractivity contribution in [2.45, 2.75) is 0 Å². The van der Waals surface area contributed by atoms with E-state index in [-0.39, 0.29) is 24.0 Å². The van der Waals surface area contributed by atoms with Crippen LogP contribution in [0.3, 0.4) is 0 Å². The molecule has 136 valence electrons. The summed E-state index contributed by atoms with van der Waals surface area (Å²) >= 11 is 1.43. The second-order valence-corrected chi connectivity index (χ2v) is 6.47. The minimum absolute atomic E-state index is 0. The third-order valence-corrected chi connectivity index (χ3v) is 4.38. The molecule has 0 aliphatic heterocycles. The van der Waals surface area contributed by atoms with Crippen LogP contribution in [-0.4, -0.2) is 4.98 Å². The Morgan fingerprint density at radius 1 is 0.667 bits per heavy atom. The van der Waals surface area contributed by atoms with Crippen LogP contribution in [0.25, 0.3) is 11.3 Å². The van der Waals surface area contributed by atoms with E-state index in [2.05, 4.69) is 4.98 Å². The van der Waals surface area contributed by atoms with Crippen molar-refractivity contribution in [1.82, 2.24) is 4.98 Å². The van der Waals surface area contributed by atoms with Gasteiger partial charge in [0.1, 0.15) is 23.0 Å². The van der Waals surface area contributed by atoms with Crippen LogP contribution >= 0.6 is 35.3 Å². The molecule has 1 aromatic heterocycles. The first-order valence-corrected chi connectivity index (χ1v) is 8.96. The summed E-state index contributed by atoms with van der Waals surface area (Å²) in [7, 11) is 0. The van der Waals surface area contributed by atoms with Crippen LogP contribution in [0.4, 0.5) is 5.13 Å². The topological polar surface area (TPSA) is 57.4 Å². The maximum Gasteiger partial charge on any atom is 0.180 e. The van der Waals surface area contributed by atoms with Gasteiger partial charge in [-0.25, -0.2) is 4.98 Å². The molecule has 0 saturated carbocycles. The summed E-state index contributed by atoms with van der Waals surface area (Å²) in [4.78, 5) is 4.28. The number of nitrogen functional groups attached to an aromatic ring is 1. The van der Waals surface area contributed by atoms with E-state index in [1.807, 2.05) is 84.2 Å². The van der Waals surface area contributed by atoms with Crippen molar-refractivity contribution >= 4 is 40.4 Å². The van der Waals surface area contributed by atoms with E-state index in [9.17, 15) is 0 Å². The third kappa shape index (κ3) is 4.99. The summed E-state index contributed by atoms with van der Waals surface area (Å²) in [5.41, 5.74) is 7.57. The monoisotopic (exact) mass is 488 g/mol. The van der Waals surface area contributed by atoms with Crippen LogP contribution in [0.1, 0.15) is 0 Å². The predicted octanol–water partition coefficient (Wildman–Crippen LogP) is 6.59. The lowest BCUT2D eigenvalue weighted by Crippen LogP contribution is -1.87. The highest BCUT2D eigenvalue weighted by Gasteiger charge is 2.04. The molecule has 0 bridgehead atoms. The van der Waals surface area contributed by atoms with Crippen molar-refractivity contribution in [2.24, 2.45) is 0 Å². The van der Waals surface area contributed by atoms with Crippen LogP contribution in [0, 0.1) is 0 Å². The molecule has 4 aromatic rings. The number of anilines is 1. The quantitative estimate of drug-likeness (QED) is 0.322. The second-order valence-electron chi connectivity index (χ2n) is 5.58. The maximum absolute atomic E-state index is 5.88. The van der Waals surface area contributed by atoms with Gasteiger partial charge in [0.15, 0.2) is 5.13 Å². The smallest absolute Gasteiger partial charge is 0.180 e. The first-order valence-electron chi connectivity index (χ1n) is 8.08. The third-order valence-electron chi connectivity index (χ3n) is 3.71. The molecule has 0 unspecified atom stereocenters. The number of aromatic nitrogens is 1. The number of hydrogen-bond donors (Lipinski definition) is 1. The Bertz CT molecular complexity index is 987. The zero-order valence-electron chi connectivity index (χ0n) is 14.2. The van der Waals surface area contributed by atoms with Crippen molar-refractivity contribution in [2.75, 3.05) is 5.73 Å². The summed E-state index contributed by atoms with van der Waals surface area (Å²) in [6, 6.07) is 25.0. The van der Waals surface area contributed by atoms with E-state index < -0.39 is 0 Å². The second kappa shape index (κ2) is 8.88. The van der Waals surface area contributed by atoms with E-state index in [1.54, 1.807) is 0 Å². The number of para-hydroxylation sites is 1. The fourth-order valence-electron chi connectivity index (χ4n) is 2.45. The van der Waals surface area contributed by atoms with Gasteiger partial charge in [0.05, 0.1) is 5.69 Å². The van der Waals surface area contributed by atoms with Gasteiger partial charge in [-0.05, 0) is 60.7 Å². The molecule has 0 radical (unpaired) electrons. The van der Waals surface area contributed by atoms with Crippen LogP contribution in [0.2, 0.25) is 0 Å². The van der Waals surface area contributed by atoms with Gasteiger partial charge in [-0.15, -0.1) is 35.3 Å². The number of halogens is 1. The van der Waals surface area contributed by atoms with E-state index in [0.29, 0.717) is 5.13 Å². The highest BCUT2D eigenvalue weighted by Crippen LogP contribution is 2.29. The Balaban J connectivity index is 0.00000210. The van der Waals surface area contributed by atoms with Crippen LogP contribution < -0.4 is 15.2 Å². The van der Waals surface area contributed by atoms with E-state index in [0.717, 1.165) is 34.3 Å². The van der Waals surface area contributed by atoms with E-state index in [1.165, 1.54) is 11.3 Å². The molecule has 0 atom stereocenters. The number of benzene rings is 3. The largest absolute Gasteiger partial charge is 0.457 e. The normalized spacial score (nSPS) is 10.1. The van der Waals surface area contributed by atoms with Gasteiger partial charge in [0.25, 0.3) is 0 Å². The molecule has 0 amide bonds. The molecule has 0 aliphatic carbocycles. The molecule has 1 heterocycles. The van der Waals surface area contributed by atoms with Gasteiger partial charge in [0, 0.05) is 10.9 Å². The van der Waals surface area contributed by atoms with Crippen molar-refractivity contribution < 1.29 is 9.47 Å². The minimum atomic E-state index is 0. The lowest BCUT2D eigenvalue weighted by molar-refractivity contribution is 0.469. The molecule has 4 rings (SSSR count). The zero-order chi connectivity index (χ0) is 17.8. The van der Waals surface area contributed by atoms with Crippen LogP contribution in [0.5, 0.6) is 23.0 Å². The number of rotatable bonds is 5. The Morgan fingerprint density at radius 3 is 1.63 bits per heavy atom. The van der Waals surface area contributed by atoms with E-state index in [4.69, 9.17) is 15.2 Å². The molecule has 0 saturated heterocycles. The molecule has 27 heavy (non-hydrogen) atoms. The molecular weight excluding hydrogens is 471 g/mol.